The first-order valence-electron chi connectivity index (χ1n) is 9.49. The summed E-state index contributed by atoms with van der Waals surface area (Å²) in [5.74, 6) is -0.420. The number of benzene rings is 2. The monoisotopic (exact) mass is 379 g/mol. The maximum atomic E-state index is 12.4. The van der Waals surface area contributed by atoms with Crippen LogP contribution in [0.15, 0.2) is 51.7 Å². The van der Waals surface area contributed by atoms with E-state index in [4.69, 9.17) is 9.15 Å². The molecule has 3 rings (SSSR count). The van der Waals surface area contributed by atoms with E-state index < -0.39 is 11.6 Å². The lowest BCUT2D eigenvalue weighted by molar-refractivity contribution is 0.0474. The van der Waals surface area contributed by atoms with Crippen molar-refractivity contribution >= 4 is 22.6 Å². The Morgan fingerprint density at radius 3 is 2.29 bits per heavy atom. The summed E-state index contributed by atoms with van der Waals surface area (Å²) in [5, 5.41) is 0.785. The van der Waals surface area contributed by atoms with Crippen LogP contribution >= 0.6 is 0 Å². The smallest absolute Gasteiger partial charge is 0.338 e. The van der Waals surface area contributed by atoms with Gasteiger partial charge in [-0.15, -0.1) is 0 Å². The van der Waals surface area contributed by atoms with Gasteiger partial charge in [-0.05, 0) is 75.2 Å². The molecule has 28 heavy (non-hydrogen) atoms. The summed E-state index contributed by atoms with van der Waals surface area (Å²) < 4.78 is 10.8. The number of hydrogen-bond acceptors (Lipinski definition) is 5. The van der Waals surface area contributed by atoms with Crippen LogP contribution in [-0.2, 0) is 11.3 Å². The topological polar surface area (TPSA) is 59.8 Å². The van der Waals surface area contributed by atoms with Crippen LogP contribution in [0.25, 0.3) is 11.0 Å². The van der Waals surface area contributed by atoms with Crippen molar-refractivity contribution in [1.29, 1.82) is 0 Å². The second kappa shape index (κ2) is 8.30. The molecule has 0 fully saturated rings. The van der Waals surface area contributed by atoms with Crippen LogP contribution in [-0.4, -0.2) is 19.1 Å². The standard InChI is InChI=1S/C23H25NO4/c1-5-24(6-2)19-9-7-17(8-10-19)23(26)27-14-18-13-22(25)28-21-12-16(4)15(3)11-20(18)21/h7-13H,5-6,14H2,1-4H3. The van der Waals surface area contributed by atoms with Gasteiger partial charge in [-0.1, -0.05) is 0 Å². The third kappa shape index (κ3) is 4.09. The minimum absolute atomic E-state index is 0.0151. The highest BCUT2D eigenvalue weighted by Crippen LogP contribution is 2.23. The fourth-order valence-corrected chi connectivity index (χ4v) is 3.23. The molecule has 5 heteroatoms. The second-order valence-electron chi connectivity index (χ2n) is 6.82. The van der Waals surface area contributed by atoms with E-state index in [-0.39, 0.29) is 6.61 Å². The molecular weight excluding hydrogens is 354 g/mol. The Morgan fingerprint density at radius 1 is 1.00 bits per heavy atom. The Morgan fingerprint density at radius 2 is 1.64 bits per heavy atom. The number of fused-ring (bicyclic) bond motifs is 1. The SMILES string of the molecule is CCN(CC)c1ccc(C(=O)OCc2cc(=O)oc3cc(C)c(C)cc23)cc1. The number of nitrogens with zero attached hydrogens (tertiary/aromatic N) is 1. The lowest BCUT2D eigenvalue weighted by atomic mass is 10.0. The van der Waals surface area contributed by atoms with Crippen molar-refractivity contribution in [3.05, 3.63) is 75.1 Å². The zero-order valence-corrected chi connectivity index (χ0v) is 16.7. The van der Waals surface area contributed by atoms with E-state index in [9.17, 15) is 9.59 Å². The molecule has 0 radical (unpaired) electrons. The first-order valence-corrected chi connectivity index (χ1v) is 9.49. The Labute approximate surface area is 164 Å². The molecule has 0 amide bonds. The maximum absolute atomic E-state index is 12.4. The van der Waals surface area contributed by atoms with Gasteiger partial charge in [-0.3, -0.25) is 0 Å². The van der Waals surface area contributed by atoms with Gasteiger partial charge in [-0.2, -0.15) is 0 Å². The summed E-state index contributed by atoms with van der Waals surface area (Å²) in [4.78, 5) is 26.5. The number of rotatable bonds is 6. The lowest BCUT2D eigenvalue weighted by Crippen LogP contribution is -2.21. The van der Waals surface area contributed by atoms with Gasteiger partial charge in [0.05, 0.1) is 5.56 Å². The highest BCUT2D eigenvalue weighted by Gasteiger charge is 2.12. The molecule has 1 aromatic heterocycles. The molecule has 0 aliphatic rings. The molecule has 2 aromatic carbocycles. The molecule has 0 unspecified atom stereocenters. The molecule has 0 N–H and O–H groups in total. The largest absolute Gasteiger partial charge is 0.457 e. The van der Waals surface area contributed by atoms with E-state index in [1.807, 2.05) is 38.1 Å². The molecule has 1 heterocycles. The van der Waals surface area contributed by atoms with Gasteiger partial charge in [0.2, 0.25) is 0 Å². The minimum Gasteiger partial charge on any atom is -0.457 e. The van der Waals surface area contributed by atoms with Crippen molar-refractivity contribution in [3.63, 3.8) is 0 Å². The summed E-state index contributed by atoms with van der Waals surface area (Å²) in [7, 11) is 0. The van der Waals surface area contributed by atoms with Crippen LogP contribution in [0.4, 0.5) is 5.69 Å². The first kappa shape index (κ1) is 19.7. The van der Waals surface area contributed by atoms with Crippen LogP contribution in [0, 0.1) is 13.8 Å². The number of anilines is 1. The van der Waals surface area contributed by atoms with Gasteiger partial charge in [-0.25, -0.2) is 9.59 Å². The molecular formula is C23H25NO4. The predicted octanol–water partition coefficient (Wildman–Crippen LogP) is 4.61. The number of hydrogen-bond donors (Lipinski definition) is 0. The predicted molar refractivity (Wildman–Crippen MR) is 111 cm³/mol. The number of aryl methyl sites for hydroxylation is 2. The highest BCUT2D eigenvalue weighted by atomic mass is 16.5. The fraction of sp³-hybridized carbons (Fsp3) is 0.304. The average molecular weight is 379 g/mol. The average Bonchev–Trinajstić information content (AvgIpc) is 2.68. The number of esters is 1. The van der Waals surface area contributed by atoms with E-state index in [1.54, 1.807) is 12.1 Å². The Balaban J connectivity index is 1.79. The van der Waals surface area contributed by atoms with Crippen molar-refractivity contribution in [2.75, 3.05) is 18.0 Å². The van der Waals surface area contributed by atoms with Gasteiger partial charge in [0.1, 0.15) is 12.2 Å². The Bertz CT molecular complexity index is 1050. The third-order valence-electron chi connectivity index (χ3n) is 5.03. The van der Waals surface area contributed by atoms with E-state index in [1.165, 1.54) is 6.07 Å². The van der Waals surface area contributed by atoms with E-state index in [0.717, 1.165) is 35.3 Å². The maximum Gasteiger partial charge on any atom is 0.338 e. The molecule has 0 saturated carbocycles. The molecule has 0 saturated heterocycles. The minimum atomic E-state index is -0.453. The van der Waals surface area contributed by atoms with Gasteiger partial charge in [0, 0.05) is 35.8 Å². The van der Waals surface area contributed by atoms with Gasteiger partial charge < -0.3 is 14.1 Å². The summed E-state index contributed by atoms with van der Waals surface area (Å²) in [6, 6.07) is 12.5. The second-order valence-corrected chi connectivity index (χ2v) is 6.82. The summed E-state index contributed by atoms with van der Waals surface area (Å²) in [6.07, 6.45) is 0. The van der Waals surface area contributed by atoms with E-state index in [2.05, 4.69) is 18.7 Å². The Kier molecular flexibility index (Phi) is 5.83. The Hall–Kier alpha value is -3.08. The normalized spacial score (nSPS) is 10.9. The fourth-order valence-electron chi connectivity index (χ4n) is 3.23. The molecule has 0 bridgehead atoms. The van der Waals surface area contributed by atoms with Crippen molar-refractivity contribution in [2.45, 2.75) is 34.3 Å². The third-order valence-corrected chi connectivity index (χ3v) is 5.03. The van der Waals surface area contributed by atoms with Crippen molar-refractivity contribution in [2.24, 2.45) is 0 Å². The van der Waals surface area contributed by atoms with Crippen LogP contribution < -0.4 is 10.5 Å². The lowest BCUT2D eigenvalue weighted by Gasteiger charge is -2.20. The van der Waals surface area contributed by atoms with Crippen LogP contribution in [0.2, 0.25) is 0 Å². The number of carbonyl (C=O) groups excluding carboxylic acids is 1. The molecule has 146 valence electrons. The van der Waals surface area contributed by atoms with Crippen molar-refractivity contribution < 1.29 is 13.9 Å². The van der Waals surface area contributed by atoms with Crippen molar-refractivity contribution in [1.82, 2.24) is 0 Å². The first-order chi connectivity index (χ1) is 13.4. The molecule has 3 aromatic rings. The molecule has 0 aliphatic carbocycles. The van der Waals surface area contributed by atoms with E-state index >= 15 is 0 Å². The number of carbonyl (C=O) groups is 1. The zero-order chi connectivity index (χ0) is 20.3. The van der Waals surface area contributed by atoms with Crippen LogP contribution in [0.3, 0.4) is 0 Å². The van der Waals surface area contributed by atoms with Crippen molar-refractivity contribution in [3.8, 4) is 0 Å². The summed E-state index contributed by atoms with van der Waals surface area (Å²) in [6.45, 7) is 9.97. The van der Waals surface area contributed by atoms with Crippen LogP contribution in [0.1, 0.15) is 40.9 Å². The van der Waals surface area contributed by atoms with Gasteiger partial charge in [0.15, 0.2) is 0 Å². The number of ether oxygens (including phenoxy) is 1. The molecule has 0 spiro atoms. The van der Waals surface area contributed by atoms with E-state index in [0.29, 0.717) is 16.7 Å². The molecule has 0 aliphatic heterocycles. The van der Waals surface area contributed by atoms with Crippen LogP contribution in [0.5, 0.6) is 0 Å². The van der Waals surface area contributed by atoms with Gasteiger partial charge in [0.25, 0.3) is 0 Å². The summed E-state index contributed by atoms with van der Waals surface area (Å²) in [5.41, 5.74) is 4.37. The quantitative estimate of drug-likeness (QED) is 0.462. The van der Waals surface area contributed by atoms with Gasteiger partial charge >= 0.3 is 11.6 Å². The molecule has 5 nitrogen and oxygen atoms in total. The molecule has 0 atom stereocenters. The highest BCUT2D eigenvalue weighted by molar-refractivity contribution is 5.90. The summed E-state index contributed by atoms with van der Waals surface area (Å²) >= 11 is 0. The zero-order valence-electron chi connectivity index (χ0n) is 16.7.